The summed E-state index contributed by atoms with van der Waals surface area (Å²) in [6.45, 7) is 2.91. The summed E-state index contributed by atoms with van der Waals surface area (Å²) < 4.78 is 69.1. The Hall–Kier alpha value is -2.10. The average Bonchev–Trinajstić information content (AvgIpc) is 2.83. The van der Waals surface area contributed by atoms with E-state index in [4.69, 9.17) is 0 Å². The molecule has 0 saturated heterocycles. The van der Waals surface area contributed by atoms with Gasteiger partial charge in [-0.15, -0.1) is 0 Å². The van der Waals surface area contributed by atoms with E-state index in [0.29, 0.717) is 18.2 Å². The lowest BCUT2D eigenvalue weighted by Crippen LogP contribution is -2.17. The Kier molecular flexibility index (Phi) is 4.14. The molecule has 10 heteroatoms. The van der Waals surface area contributed by atoms with Crippen molar-refractivity contribution in [1.29, 1.82) is 0 Å². The van der Waals surface area contributed by atoms with Gasteiger partial charge in [-0.3, -0.25) is 9.71 Å². The van der Waals surface area contributed by atoms with E-state index >= 15 is 0 Å². The highest BCUT2D eigenvalue weighted by Gasteiger charge is 2.35. The van der Waals surface area contributed by atoms with Crippen LogP contribution < -0.4 is 4.72 Å². The van der Waals surface area contributed by atoms with Crippen LogP contribution in [0.4, 0.5) is 19.0 Å². The zero-order valence-corrected chi connectivity index (χ0v) is 12.4. The normalized spacial score (nSPS) is 12.4. The third-order valence-electron chi connectivity index (χ3n) is 2.89. The van der Waals surface area contributed by atoms with Crippen molar-refractivity contribution >= 4 is 15.8 Å². The molecular weight excluding hydrogens is 323 g/mol. The Labute approximate surface area is 124 Å². The third kappa shape index (κ3) is 3.21. The standard InChI is InChI=1S/C12H12F3N3O3S/c1-3-8-6-21-17-11(8)18-22(19,20)9-4-7(2)10(16-5-9)12(13,14)15/h4-6H,3H2,1-2H3,(H,17,18). The fraction of sp³-hybridized carbons (Fsp3) is 0.333. The molecule has 0 atom stereocenters. The van der Waals surface area contributed by atoms with Gasteiger partial charge < -0.3 is 4.52 Å². The number of nitrogens with one attached hydrogen (secondary N) is 1. The van der Waals surface area contributed by atoms with Crippen LogP contribution in [0.1, 0.15) is 23.7 Å². The molecule has 0 bridgehead atoms. The summed E-state index contributed by atoms with van der Waals surface area (Å²) in [6, 6.07) is 0.907. The number of anilines is 1. The van der Waals surface area contributed by atoms with Crippen LogP contribution in [0.25, 0.3) is 0 Å². The highest BCUT2D eigenvalue weighted by atomic mass is 32.2. The van der Waals surface area contributed by atoms with Gasteiger partial charge in [0.25, 0.3) is 10.0 Å². The van der Waals surface area contributed by atoms with E-state index in [1.807, 2.05) is 0 Å². The predicted octanol–water partition coefficient (Wildman–Crippen LogP) is 2.76. The van der Waals surface area contributed by atoms with Gasteiger partial charge in [0.1, 0.15) is 16.9 Å². The fourth-order valence-corrected chi connectivity index (χ4v) is 2.84. The molecule has 0 aliphatic heterocycles. The zero-order valence-electron chi connectivity index (χ0n) is 11.6. The predicted molar refractivity (Wildman–Crippen MR) is 70.7 cm³/mol. The molecule has 0 aliphatic carbocycles. The van der Waals surface area contributed by atoms with Gasteiger partial charge in [0.2, 0.25) is 0 Å². The van der Waals surface area contributed by atoms with Gasteiger partial charge >= 0.3 is 6.18 Å². The molecule has 2 aromatic heterocycles. The Morgan fingerprint density at radius 3 is 2.59 bits per heavy atom. The summed E-state index contributed by atoms with van der Waals surface area (Å²) in [5, 5.41) is 3.51. The van der Waals surface area contributed by atoms with E-state index in [9.17, 15) is 21.6 Å². The van der Waals surface area contributed by atoms with Crippen molar-refractivity contribution in [1.82, 2.24) is 10.1 Å². The summed E-state index contributed by atoms with van der Waals surface area (Å²) in [5.74, 6) is 0.0000472. The topological polar surface area (TPSA) is 85.1 Å². The van der Waals surface area contributed by atoms with Crippen molar-refractivity contribution in [2.45, 2.75) is 31.3 Å². The van der Waals surface area contributed by atoms with Gasteiger partial charge in [0, 0.05) is 11.8 Å². The number of aromatic nitrogens is 2. The minimum absolute atomic E-state index is 0.0000472. The van der Waals surface area contributed by atoms with Crippen molar-refractivity contribution < 1.29 is 26.1 Å². The lowest BCUT2D eigenvalue weighted by Gasteiger charge is -2.11. The number of hydrogen-bond acceptors (Lipinski definition) is 5. The summed E-state index contributed by atoms with van der Waals surface area (Å²) >= 11 is 0. The number of alkyl halides is 3. The smallest absolute Gasteiger partial charge is 0.362 e. The molecule has 0 aliphatic rings. The molecule has 1 N–H and O–H groups in total. The molecule has 0 fully saturated rings. The van der Waals surface area contributed by atoms with E-state index in [1.165, 1.54) is 6.26 Å². The first-order valence-electron chi connectivity index (χ1n) is 6.15. The maximum absolute atomic E-state index is 12.6. The summed E-state index contributed by atoms with van der Waals surface area (Å²) in [6.07, 6.45) is -2.22. The number of pyridine rings is 1. The number of nitrogens with zero attached hydrogens (tertiary/aromatic N) is 2. The van der Waals surface area contributed by atoms with E-state index in [-0.39, 0.29) is 16.3 Å². The van der Waals surface area contributed by atoms with Crippen LogP contribution in [-0.2, 0) is 22.6 Å². The van der Waals surface area contributed by atoms with Gasteiger partial charge in [-0.05, 0) is 25.0 Å². The van der Waals surface area contributed by atoms with E-state index in [0.717, 1.165) is 13.0 Å². The van der Waals surface area contributed by atoms with Crippen LogP contribution in [0.15, 0.2) is 27.9 Å². The Bertz CT molecular complexity index is 784. The summed E-state index contributed by atoms with van der Waals surface area (Å²) in [5.41, 5.74) is -0.881. The first-order valence-corrected chi connectivity index (χ1v) is 7.63. The fourth-order valence-electron chi connectivity index (χ4n) is 1.77. The highest BCUT2D eigenvalue weighted by Crippen LogP contribution is 2.31. The number of halogens is 3. The van der Waals surface area contributed by atoms with E-state index < -0.39 is 21.9 Å². The second-order valence-electron chi connectivity index (χ2n) is 4.48. The lowest BCUT2D eigenvalue weighted by molar-refractivity contribution is -0.141. The zero-order chi connectivity index (χ0) is 16.5. The highest BCUT2D eigenvalue weighted by molar-refractivity contribution is 7.92. The number of aryl methyl sites for hydroxylation is 2. The minimum Gasteiger partial charge on any atom is -0.362 e. The Balaban J connectivity index is 2.36. The molecule has 0 saturated carbocycles. The molecule has 120 valence electrons. The van der Waals surface area contributed by atoms with Crippen LogP contribution in [0.5, 0.6) is 0 Å². The van der Waals surface area contributed by atoms with Crippen LogP contribution >= 0.6 is 0 Å². The maximum atomic E-state index is 12.6. The number of rotatable bonds is 4. The Morgan fingerprint density at radius 1 is 1.36 bits per heavy atom. The third-order valence-corrected chi connectivity index (χ3v) is 4.19. The van der Waals surface area contributed by atoms with Crippen molar-refractivity contribution in [3.63, 3.8) is 0 Å². The summed E-state index contributed by atoms with van der Waals surface area (Å²) in [7, 11) is -4.10. The molecular formula is C12H12F3N3O3S. The van der Waals surface area contributed by atoms with Gasteiger partial charge in [-0.2, -0.15) is 13.2 Å². The minimum atomic E-state index is -4.64. The molecule has 0 spiro atoms. The van der Waals surface area contributed by atoms with E-state index in [1.54, 1.807) is 6.92 Å². The SMILES string of the molecule is CCc1conc1NS(=O)(=O)c1cnc(C(F)(F)F)c(C)c1. The van der Waals surface area contributed by atoms with Gasteiger partial charge in [-0.1, -0.05) is 12.1 Å². The Morgan fingerprint density at radius 2 is 2.05 bits per heavy atom. The first kappa shape index (κ1) is 16.3. The molecule has 0 radical (unpaired) electrons. The van der Waals surface area contributed by atoms with Crippen LogP contribution in [0, 0.1) is 6.92 Å². The second kappa shape index (κ2) is 5.59. The largest absolute Gasteiger partial charge is 0.433 e. The van der Waals surface area contributed by atoms with Crippen molar-refractivity contribution in [2.24, 2.45) is 0 Å². The monoisotopic (exact) mass is 335 g/mol. The molecule has 22 heavy (non-hydrogen) atoms. The van der Waals surface area contributed by atoms with Crippen LogP contribution in [-0.4, -0.2) is 18.6 Å². The van der Waals surface area contributed by atoms with Gasteiger partial charge in [0.05, 0.1) is 0 Å². The molecule has 2 heterocycles. The average molecular weight is 335 g/mol. The lowest BCUT2D eigenvalue weighted by atomic mass is 10.2. The van der Waals surface area contributed by atoms with Crippen LogP contribution in [0.3, 0.4) is 0 Å². The van der Waals surface area contributed by atoms with Crippen molar-refractivity contribution in [3.8, 4) is 0 Å². The number of sulfonamides is 1. The molecule has 0 aromatic carbocycles. The van der Waals surface area contributed by atoms with E-state index in [2.05, 4.69) is 19.4 Å². The van der Waals surface area contributed by atoms with Crippen LogP contribution in [0.2, 0.25) is 0 Å². The van der Waals surface area contributed by atoms with Crippen molar-refractivity contribution in [2.75, 3.05) is 4.72 Å². The molecule has 6 nitrogen and oxygen atoms in total. The quantitative estimate of drug-likeness (QED) is 0.928. The molecule has 2 aromatic rings. The molecule has 0 amide bonds. The molecule has 2 rings (SSSR count). The van der Waals surface area contributed by atoms with Gasteiger partial charge in [-0.25, -0.2) is 8.42 Å². The second-order valence-corrected chi connectivity index (χ2v) is 6.16. The summed E-state index contributed by atoms with van der Waals surface area (Å²) in [4.78, 5) is 2.81. The van der Waals surface area contributed by atoms with Crippen molar-refractivity contribution in [3.05, 3.63) is 35.3 Å². The maximum Gasteiger partial charge on any atom is 0.433 e. The first-order chi connectivity index (χ1) is 10.1. The van der Waals surface area contributed by atoms with Gasteiger partial charge in [0.15, 0.2) is 5.82 Å². The number of hydrogen-bond donors (Lipinski definition) is 1. The molecule has 0 unspecified atom stereocenters.